The van der Waals surface area contributed by atoms with Crippen LogP contribution in [0.2, 0.25) is 0 Å². The zero-order valence-electron chi connectivity index (χ0n) is 9.74. The van der Waals surface area contributed by atoms with E-state index >= 15 is 0 Å². The molecular formula is C13H20N2O. The summed E-state index contributed by atoms with van der Waals surface area (Å²) in [6.07, 6.45) is 8.91. The van der Waals surface area contributed by atoms with Crippen LogP contribution < -0.4 is 5.32 Å². The van der Waals surface area contributed by atoms with Crippen LogP contribution in [0.5, 0.6) is 0 Å². The molecule has 1 N–H and O–H groups in total. The third-order valence-electron chi connectivity index (χ3n) is 3.96. The first-order valence-electron chi connectivity index (χ1n) is 6.61. The predicted octanol–water partition coefficient (Wildman–Crippen LogP) is 2.63. The number of rotatable bonds is 3. The SMILES string of the molecule is c1c(C2CCCC2)noc1CC1CCCN1. The fourth-order valence-electron chi connectivity index (χ4n) is 3.01. The maximum absolute atomic E-state index is 5.45. The summed E-state index contributed by atoms with van der Waals surface area (Å²) in [5, 5.41) is 7.73. The van der Waals surface area contributed by atoms with Crippen molar-refractivity contribution in [3.8, 4) is 0 Å². The highest BCUT2D eigenvalue weighted by Gasteiger charge is 2.22. The van der Waals surface area contributed by atoms with Gasteiger partial charge in [-0.1, -0.05) is 18.0 Å². The lowest BCUT2D eigenvalue weighted by molar-refractivity contribution is 0.361. The van der Waals surface area contributed by atoms with Gasteiger partial charge in [0.25, 0.3) is 0 Å². The van der Waals surface area contributed by atoms with Gasteiger partial charge in [0.1, 0.15) is 5.76 Å². The summed E-state index contributed by atoms with van der Waals surface area (Å²) in [7, 11) is 0. The van der Waals surface area contributed by atoms with Crippen LogP contribution in [0.15, 0.2) is 10.6 Å². The van der Waals surface area contributed by atoms with Crippen molar-refractivity contribution in [1.82, 2.24) is 10.5 Å². The van der Waals surface area contributed by atoms with E-state index in [9.17, 15) is 0 Å². The fraction of sp³-hybridized carbons (Fsp3) is 0.769. The number of aromatic nitrogens is 1. The van der Waals surface area contributed by atoms with E-state index in [1.54, 1.807) is 0 Å². The van der Waals surface area contributed by atoms with E-state index in [4.69, 9.17) is 4.52 Å². The van der Waals surface area contributed by atoms with Gasteiger partial charge in [0.05, 0.1) is 5.69 Å². The zero-order valence-corrected chi connectivity index (χ0v) is 9.74. The Kier molecular flexibility index (Phi) is 2.96. The van der Waals surface area contributed by atoms with Crippen molar-refractivity contribution in [3.05, 3.63) is 17.5 Å². The molecule has 1 unspecified atom stereocenters. The highest BCUT2D eigenvalue weighted by atomic mass is 16.5. The number of hydrogen-bond acceptors (Lipinski definition) is 3. The van der Waals surface area contributed by atoms with Crippen molar-refractivity contribution in [3.63, 3.8) is 0 Å². The standard InChI is InChI=1S/C13H20N2O/c1-2-5-10(4-1)13-9-12(16-15-13)8-11-6-3-7-14-11/h9-11,14H,1-8H2. The van der Waals surface area contributed by atoms with Gasteiger partial charge >= 0.3 is 0 Å². The van der Waals surface area contributed by atoms with Crippen LogP contribution in [0, 0.1) is 0 Å². The minimum atomic E-state index is 0.615. The minimum Gasteiger partial charge on any atom is -0.361 e. The number of nitrogens with one attached hydrogen (secondary N) is 1. The van der Waals surface area contributed by atoms with Crippen molar-refractivity contribution < 1.29 is 4.52 Å². The minimum absolute atomic E-state index is 0.615. The van der Waals surface area contributed by atoms with Crippen molar-refractivity contribution >= 4 is 0 Å². The van der Waals surface area contributed by atoms with Gasteiger partial charge in [-0.25, -0.2) is 0 Å². The lowest BCUT2D eigenvalue weighted by atomic mass is 10.0. The fourth-order valence-corrected chi connectivity index (χ4v) is 3.01. The van der Waals surface area contributed by atoms with Gasteiger partial charge in [0.15, 0.2) is 0 Å². The molecule has 2 heterocycles. The summed E-state index contributed by atoms with van der Waals surface area (Å²) >= 11 is 0. The first kappa shape index (κ1) is 10.3. The molecule has 1 saturated heterocycles. The molecule has 1 saturated carbocycles. The van der Waals surface area contributed by atoms with Crippen LogP contribution >= 0.6 is 0 Å². The normalized spacial score (nSPS) is 26.6. The molecule has 2 aliphatic rings. The predicted molar refractivity (Wildman–Crippen MR) is 62.4 cm³/mol. The molecule has 1 aromatic rings. The average Bonchev–Trinajstić information content (AvgIpc) is 2.99. The summed E-state index contributed by atoms with van der Waals surface area (Å²) in [4.78, 5) is 0. The van der Waals surface area contributed by atoms with Gasteiger partial charge in [-0.15, -0.1) is 0 Å². The molecule has 0 amide bonds. The molecule has 0 spiro atoms. The first-order chi connectivity index (χ1) is 7.92. The van der Waals surface area contributed by atoms with Crippen molar-refractivity contribution in [2.75, 3.05) is 6.54 Å². The van der Waals surface area contributed by atoms with E-state index in [-0.39, 0.29) is 0 Å². The summed E-state index contributed by atoms with van der Waals surface area (Å²) < 4.78 is 5.45. The topological polar surface area (TPSA) is 38.1 Å². The molecule has 1 aliphatic heterocycles. The molecule has 3 rings (SSSR count). The van der Waals surface area contributed by atoms with Crippen molar-refractivity contribution in [2.45, 2.75) is 56.9 Å². The van der Waals surface area contributed by atoms with Crippen LogP contribution in [0.4, 0.5) is 0 Å². The van der Waals surface area contributed by atoms with Crippen molar-refractivity contribution in [1.29, 1.82) is 0 Å². The quantitative estimate of drug-likeness (QED) is 0.851. The Morgan fingerprint density at radius 3 is 2.88 bits per heavy atom. The average molecular weight is 220 g/mol. The molecule has 1 atom stereocenters. The van der Waals surface area contributed by atoms with Crippen molar-refractivity contribution in [2.24, 2.45) is 0 Å². The van der Waals surface area contributed by atoms with Crippen LogP contribution in [-0.4, -0.2) is 17.7 Å². The Morgan fingerprint density at radius 2 is 2.12 bits per heavy atom. The Balaban J connectivity index is 1.62. The zero-order chi connectivity index (χ0) is 10.8. The van der Waals surface area contributed by atoms with Gasteiger partial charge < -0.3 is 9.84 Å². The van der Waals surface area contributed by atoms with Gasteiger partial charge in [-0.2, -0.15) is 0 Å². The molecule has 0 radical (unpaired) electrons. The lowest BCUT2D eigenvalue weighted by Crippen LogP contribution is -2.23. The number of nitrogens with zero attached hydrogens (tertiary/aromatic N) is 1. The summed E-state index contributed by atoms with van der Waals surface area (Å²) in [5.41, 5.74) is 1.20. The third kappa shape index (κ3) is 2.14. The molecule has 2 fully saturated rings. The van der Waals surface area contributed by atoms with Crippen LogP contribution in [0.3, 0.4) is 0 Å². The van der Waals surface area contributed by atoms with Crippen LogP contribution in [0.1, 0.15) is 55.9 Å². The maximum atomic E-state index is 5.45. The van der Waals surface area contributed by atoms with Gasteiger partial charge in [0, 0.05) is 24.4 Å². The van der Waals surface area contributed by atoms with E-state index in [1.807, 2.05) is 0 Å². The molecule has 1 aromatic heterocycles. The third-order valence-corrected chi connectivity index (χ3v) is 3.96. The second kappa shape index (κ2) is 4.58. The van der Waals surface area contributed by atoms with E-state index in [2.05, 4.69) is 16.5 Å². The second-order valence-electron chi connectivity index (χ2n) is 5.20. The molecule has 0 bridgehead atoms. The Labute approximate surface area is 96.6 Å². The molecular weight excluding hydrogens is 200 g/mol. The van der Waals surface area contributed by atoms with E-state index in [0.717, 1.165) is 18.7 Å². The highest BCUT2D eigenvalue weighted by Crippen LogP contribution is 2.33. The first-order valence-corrected chi connectivity index (χ1v) is 6.61. The van der Waals surface area contributed by atoms with E-state index < -0.39 is 0 Å². The van der Waals surface area contributed by atoms with E-state index in [1.165, 1.54) is 44.2 Å². The monoisotopic (exact) mass is 220 g/mol. The van der Waals surface area contributed by atoms with Gasteiger partial charge in [-0.3, -0.25) is 0 Å². The molecule has 1 aliphatic carbocycles. The molecule has 88 valence electrons. The van der Waals surface area contributed by atoms with Crippen LogP contribution in [0.25, 0.3) is 0 Å². The number of hydrogen-bond donors (Lipinski definition) is 1. The second-order valence-corrected chi connectivity index (χ2v) is 5.20. The maximum Gasteiger partial charge on any atom is 0.138 e. The molecule has 3 heteroatoms. The highest BCUT2D eigenvalue weighted by molar-refractivity contribution is 5.12. The summed E-state index contributed by atoms with van der Waals surface area (Å²) in [6, 6.07) is 2.81. The smallest absolute Gasteiger partial charge is 0.138 e. The lowest BCUT2D eigenvalue weighted by Gasteiger charge is -2.05. The van der Waals surface area contributed by atoms with Crippen LogP contribution in [-0.2, 0) is 6.42 Å². The molecule has 3 nitrogen and oxygen atoms in total. The van der Waals surface area contributed by atoms with E-state index in [0.29, 0.717) is 12.0 Å². The molecule has 0 aromatic carbocycles. The Morgan fingerprint density at radius 1 is 1.25 bits per heavy atom. The molecule has 16 heavy (non-hydrogen) atoms. The summed E-state index contributed by atoms with van der Waals surface area (Å²) in [6.45, 7) is 1.16. The Bertz CT molecular complexity index is 335. The van der Waals surface area contributed by atoms with Gasteiger partial charge in [0.2, 0.25) is 0 Å². The summed E-state index contributed by atoms with van der Waals surface area (Å²) in [5.74, 6) is 1.75. The van der Waals surface area contributed by atoms with Gasteiger partial charge in [-0.05, 0) is 32.2 Å². The largest absolute Gasteiger partial charge is 0.361 e. The Hall–Kier alpha value is -0.830.